The minimum Gasteiger partial charge on any atom is -0.391 e. The summed E-state index contributed by atoms with van der Waals surface area (Å²) in [6.45, 7) is 0.347. The van der Waals surface area contributed by atoms with Gasteiger partial charge >= 0.3 is 6.18 Å². The lowest BCUT2D eigenvalue weighted by atomic mass is 10.1. The monoisotopic (exact) mass is 364 g/mol. The average Bonchev–Trinajstić information content (AvgIpc) is 3.00. The number of carbonyl (C=O) groups excluding carboxylic acids is 1. The maximum atomic E-state index is 12.7. The van der Waals surface area contributed by atoms with Gasteiger partial charge in [0.25, 0.3) is 0 Å². The molecule has 0 N–H and O–H groups in total. The standard InChI is InChI=1S/C17H15F3N4O2/c18-17(19,20)14-4-1-3-12(9-14)11-26-23-10-13-5-8-24(15(13)25)16-21-6-2-7-22-16/h1-4,6-7,9-10,13H,5,8,11H2/b23-10-/t13-/m1/s1. The molecule has 1 amide bonds. The van der Waals surface area contributed by atoms with Gasteiger partial charge in [0.1, 0.15) is 6.61 Å². The first-order chi connectivity index (χ1) is 12.4. The predicted octanol–water partition coefficient (Wildman–Crippen LogP) is 3.05. The largest absolute Gasteiger partial charge is 0.416 e. The maximum Gasteiger partial charge on any atom is 0.416 e. The molecule has 136 valence electrons. The Morgan fingerprint density at radius 2 is 2.04 bits per heavy atom. The lowest BCUT2D eigenvalue weighted by Gasteiger charge is -2.12. The van der Waals surface area contributed by atoms with Crippen molar-refractivity contribution in [2.75, 3.05) is 11.4 Å². The van der Waals surface area contributed by atoms with Crippen LogP contribution in [0.15, 0.2) is 47.9 Å². The molecular formula is C17H15F3N4O2. The molecule has 1 aliphatic heterocycles. The van der Waals surface area contributed by atoms with Crippen molar-refractivity contribution in [3.63, 3.8) is 0 Å². The Balaban J connectivity index is 1.54. The molecule has 0 aliphatic carbocycles. The van der Waals surface area contributed by atoms with Gasteiger partial charge < -0.3 is 4.84 Å². The summed E-state index contributed by atoms with van der Waals surface area (Å²) < 4.78 is 38.0. The van der Waals surface area contributed by atoms with Crippen LogP contribution in [0.5, 0.6) is 0 Å². The normalized spacial score (nSPS) is 17.9. The highest BCUT2D eigenvalue weighted by Crippen LogP contribution is 2.29. The van der Waals surface area contributed by atoms with Crippen LogP contribution >= 0.6 is 0 Å². The molecule has 3 rings (SSSR count). The van der Waals surface area contributed by atoms with Gasteiger partial charge in [0.2, 0.25) is 11.9 Å². The van der Waals surface area contributed by atoms with Crippen LogP contribution in [0, 0.1) is 5.92 Å². The van der Waals surface area contributed by atoms with Crippen molar-refractivity contribution < 1.29 is 22.8 Å². The zero-order chi connectivity index (χ0) is 18.6. The van der Waals surface area contributed by atoms with E-state index in [1.807, 2.05) is 0 Å². The van der Waals surface area contributed by atoms with Crippen molar-refractivity contribution in [3.8, 4) is 0 Å². The van der Waals surface area contributed by atoms with Gasteiger partial charge in [-0.3, -0.25) is 9.69 Å². The molecule has 2 heterocycles. The van der Waals surface area contributed by atoms with E-state index in [-0.39, 0.29) is 12.5 Å². The second-order valence-electron chi connectivity index (χ2n) is 5.66. The lowest BCUT2D eigenvalue weighted by Crippen LogP contribution is -2.29. The van der Waals surface area contributed by atoms with E-state index in [1.54, 1.807) is 18.5 Å². The summed E-state index contributed by atoms with van der Waals surface area (Å²) in [6, 6.07) is 6.48. The zero-order valence-electron chi connectivity index (χ0n) is 13.6. The van der Waals surface area contributed by atoms with E-state index in [2.05, 4.69) is 15.1 Å². The molecule has 0 saturated carbocycles. The SMILES string of the molecule is O=C1[C@@H](/C=N\OCc2cccc(C(F)(F)F)c2)CCN1c1ncccn1. The van der Waals surface area contributed by atoms with Gasteiger partial charge in [-0.2, -0.15) is 13.2 Å². The van der Waals surface area contributed by atoms with Crippen molar-refractivity contribution in [1.82, 2.24) is 9.97 Å². The van der Waals surface area contributed by atoms with E-state index in [1.165, 1.54) is 23.2 Å². The number of benzene rings is 1. The third-order valence-corrected chi connectivity index (χ3v) is 3.84. The number of carbonyl (C=O) groups is 1. The number of oxime groups is 1. The molecule has 1 atom stereocenters. The van der Waals surface area contributed by atoms with Crippen molar-refractivity contribution in [1.29, 1.82) is 0 Å². The molecule has 0 radical (unpaired) electrons. The minimum atomic E-state index is -4.40. The Labute approximate surface area is 147 Å². The highest BCUT2D eigenvalue weighted by Gasteiger charge is 2.33. The van der Waals surface area contributed by atoms with Crippen LogP contribution in [-0.2, 0) is 22.4 Å². The summed E-state index contributed by atoms with van der Waals surface area (Å²) in [5, 5.41) is 3.72. The lowest BCUT2D eigenvalue weighted by molar-refractivity contribution is -0.137. The first-order valence-electron chi connectivity index (χ1n) is 7.85. The molecule has 26 heavy (non-hydrogen) atoms. The van der Waals surface area contributed by atoms with Crippen molar-refractivity contribution >= 4 is 18.1 Å². The Hall–Kier alpha value is -2.97. The molecule has 0 unspecified atom stereocenters. The molecule has 1 aliphatic rings. The first-order valence-corrected chi connectivity index (χ1v) is 7.85. The summed E-state index contributed by atoms with van der Waals surface area (Å²) in [7, 11) is 0. The molecule has 1 saturated heterocycles. The van der Waals surface area contributed by atoms with E-state index < -0.39 is 17.7 Å². The fourth-order valence-corrected chi connectivity index (χ4v) is 2.54. The van der Waals surface area contributed by atoms with Gasteiger partial charge in [-0.25, -0.2) is 9.97 Å². The van der Waals surface area contributed by atoms with Gasteiger partial charge in [-0.15, -0.1) is 0 Å². The molecule has 0 bridgehead atoms. The van der Waals surface area contributed by atoms with Gasteiger partial charge in [-0.05, 0) is 30.2 Å². The van der Waals surface area contributed by atoms with E-state index in [4.69, 9.17) is 4.84 Å². The minimum absolute atomic E-state index is 0.118. The van der Waals surface area contributed by atoms with Crippen LogP contribution in [0.1, 0.15) is 17.5 Å². The molecule has 6 nitrogen and oxygen atoms in total. The molecule has 0 spiro atoms. The Morgan fingerprint density at radius 1 is 1.27 bits per heavy atom. The zero-order valence-corrected chi connectivity index (χ0v) is 13.6. The van der Waals surface area contributed by atoms with E-state index in [9.17, 15) is 18.0 Å². The molecule has 9 heteroatoms. The highest BCUT2D eigenvalue weighted by atomic mass is 19.4. The topological polar surface area (TPSA) is 67.7 Å². The number of amides is 1. The predicted molar refractivity (Wildman–Crippen MR) is 87.2 cm³/mol. The summed E-state index contributed by atoms with van der Waals surface area (Å²) in [4.78, 5) is 26.9. The maximum absolute atomic E-state index is 12.7. The van der Waals surface area contributed by atoms with Crippen molar-refractivity contribution in [2.45, 2.75) is 19.2 Å². The molecule has 1 aromatic carbocycles. The Kier molecular flexibility index (Phi) is 5.15. The summed E-state index contributed by atoms with van der Waals surface area (Å²) >= 11 is 0. The number of hydrogen-bond acceptors (Lipinski definition) is 5. The summed E-state index contributed by atoms with van der Waals surface area (Å²) in [5.74, 6) is -0.332. The van der Waals surface area contributed by atoms with Gasteiger partial charge in [0.05, 0.1) is 17.7 Å². The van der Waals surface area contributed by atoms with Crippen LogP contribution in [0.25, 0.3) is 0 Å². The van der Waals surface area contributed by atoms with Gasteiger partial charge in [-0.1, -0.05) is 17.3 Å². The smallest absolute Gasteiger partial charge is 0.391 e. The third kappa shape index (κ3) is 4.16. The quantitative estimate of drug-likeness (QED) is 0.604. The fourth-order valence-electron chi connectivity index (χ4n) is 2.54. The number of anilines is 1. The number of rotatable bonds is 5. The number of alkyl halides is 3. The number of halogens is 3. The summed E-state index contributed by atoms with van der Waals surface area (Å²) in [5.41, 5.74) is -0.402. The molecular weight excluding hydrogens is 349 g/mol. The van der Waals surface area contributed by atoms with Crippen LogP contribution in [-0.4, -0.2) is 28.6 Å². The second kappa shape index (κ2) is 7.51. The Bertz CT molecular complexity index is 796. The van der Waals surface area contributed by atoms with E-state index in [0.29, 0.717) is 24.5 Å². The third-order valence-electron chi connectivity index (χ3n) is 3.84. The summed E-state index contributed by atoms with van der Waals surface area (Å²) in [6.07, 6.45) is 0.593. The fraction of sp³-hybridized carbons (Fsp3) is 0.294. The average molecular weight is 364 g/mol. The van der Waals surface area contributed by atoms with Crippen LogP contribution in [0.3, 0.4) is 0 Å². The highest BCUT2D eigenvalue weighted by molar-refractivity contribution is 6.04. The number of hydrogen-bond donors (Lipinski definition) is 0. The van der Waals surface area contributed by atoms with E-state index in [0.717, 1.165) is 12.1 Å². The molecule has 1 aromatic heterocycles. The number of aromatic nitrogens is 2. The van der Waals surface area contributed by atoms with Crippen molar-refractivity contribution in [2.24, 2.45) is 11.1 Å². The van der Waals surface area contributed by atoms with Gasteiger partial charge in [0.15, 0.2) is 0 Å². The van der Waals surface area contributed by atoms with E-state index >= 15 is 0 Å². The number of nitrogens with zero attached hydrogens (tertiary/aromatic N) is 4. The van der Waals surface area contributed by atoms with Crippen LogP contribution in [0.2, 0.25) is 0 Å². The molecule has 1 fully saturated rings. The van der Waals surface area contributed by atoms with Gasteiger partial charge in [0, 0.05) is 18.9 Å². The van der Waals surface area contributed by atoms with Crippen LogP contribution < -0.4 is 4.90 Å². The first kappa shape index (κ1) is 17.8. The second-order valence-corrected chi connectivity index (χ2v) is 5.66. The Morgan fingerprint density at radius 3 is 2.77 bits per heavy atom. The van der Waals surface area contributed by atoms with Crippen LogP contribution in [0.4, 0.5) is 19.1 Å². The van der Waals surface area contributed by atoms with Crippen molar-refractivity contribution in [3.05, 3.63) is 53.9 Å². The molecule has 2 aromatic rings.